The molecule has 0 aliphatic heterocycles. The van der Waals surface area contributed by atoms with Gasteiger partial charge in [-0.05, 0) is 51.4 Å². The Morgan fingerprint density at radius 3 is 1.34 bits per heavy atom. The molecule has 9 nitrogen and oxygen atoms in total. The molecule has 0 saturated heterocycles. The van der Waals surface area contributed by atoms with Crippen LogP contribution in [0.1, 0.15) is 213 Å². The third-order valence-corrected chi connectivity index (χ3v) is 11.4. The van der Waals surface area contributed by atoms with Crippen molar-refractivity contribution in [3.63, 3.8) is 0 Å². The molecule has 356 valence electrons. The van der Waals surface area contributed by atoms with E-state index >= 15 is 0 Å². The molecule has 0 aromatic carbocycles. The molecule has 3 atom stereocenters. The number of phosphoric acid groups is 1. The average molecular weight is 881 g/mol. The molecule has 0 spiro atoms. The van der Waals surface area contributed by atoms with Crippen LogP contribution in [0.5, 0.6) is 0 Å². The zero-order valence-electron chi connectivity index (χ0n) is 39.1. The minimum Gasteiger partial charge on any atom is -0.457 e. The SMILES string of the molecule is CC/C=C\C/C=C\C/C=C\C/C=C\C/C=C\CCCC(=O)OC(COCCCCCCCCCCCCCCCCCCCCCCCCC)COP(=O)(O)OCC(O)CO. The summed E-state index contributed by atoms with van der Waals surface area (Å²) in [7, 11) is -4.54. The Morgan fingerprint density at radius 1 is 0.525 bits per heavy atom. The first-order valence-electron chi connectivity index (χ1n) is 24.8. The van der Waals surface area contributed by atoms with Crippen molar-refractivity contribution in [1.29, 1.82) is 0 Å². The molecule has 0 aliphatic rings. The third-order valence-electron chi connectivity index (χ3n) is 10.5. The van der Waals surface area contributed by atoms with Gasteiger partial charge in [0.05, 0.1) is 26.4 Å². The van der Waals surface area contributed by atoms with Crippen LogP contribution in [-0.2, 0) is 27.9 Å². The molecule has 3 N–H and O–H groups in total. The average Bonchev–Trinajstić information content (AvgIpc) is 3.25. The summed E-state index contributed by atoms with van der Waals surface area (Å²) in [4.78, 5) is 22.6. The summed E-state index contributed by atoms with van der Waals surface area (Å²) in [5.41, 5.74) is 0. The lowest BCUT2D eigenvalue weighted by atomic mass is 10.0. The van der Waals surface area contributed by atoms with Crippen LogP contribution in [-0.4, -0.2) is 66.3 Å². The van der Waals surface area contributed by atoms with Gasteiger partial charge < -0.3 is 24.6 Å². The van der Waals surface area contributed by atoms with Crippen molar-refractivity contribution in [3.05, 3.63) is 60.8 Å². The predicted octanol–water partition coefficient (Wildman–Crippen LogP) is 14.3. The minimum atomic E-state index is -4.54. The lowest BCUT2D eigenvalue weighted by molar-refractivity contribution is -0.154. The summed E-state index contributed by atoms with van der Waals surface area (Å²) in [5, 5.41) is 18.4. The van der Waals surface area contributed by atoms with Crippen LogP contribution >= 0.6 is 7.82 Å². The Balaban J connectivity index is 4.12. The Kier molecular flexibility index (Phi) is 46.2. The number of hydrogen-bond donors (Lipinski definition) is 3. The lowest BCUT2D eigenvalue weighted by Crippen LogP contribution is -2.29. The fourth-order valence-electron chi connectivity index (χ4n) is 6.75. The standard InChI is InChI=1S/C51H93O9P/c1-3-5-7-9-11-13-15-17-19-21-22-23-24-25-26-28-30-32-34-36-38-40-42-44-57-47-50(48-59-61(55,56)58-46-49(53)45-52)60-51(54)43-41-39-37-35-33-31-29-27-20-18-16-14-12-10-8-6-4-2/h6,8,12,14,18,20,29,31,35,37,49-50,52-53H,3-5,7,9-11,13,15-17,19,21-28,30,32-34,36,38-48H2,1-2H3,(H,55,56)/b8-6-,14-12-,20-18-,31-29-,37-35-. The Bertz CT molecular complexity index is 1140. The highest BCUT2D eigenvalue weighted by atomic mass is 31.2. The Hall–Kier alpha value is -1.84. The van der Waals surface area contributed by atoms with Gasteiger partial charge in [-0.25, -0.2) is 4.57 Å². The molecule has 0 aromatic rings. The van der Waals surface area contributed by atoms with Gasteiger partial charge in [-0.3, -0.25) is 13.8 Å². The molecule has 0 rings (SSSR count). The van der Waals surface area contributed by atoms with Gasteiger partial charge in [0.25, 0.3) is 0 Å². The van der Waals surface area contributed by atoms with Gasteiger partial charge in [-0.2, -0.15) is 0 Å². The van der Waals surface area contributed by atoms with Crippen molar-refractivity contribution < 1.29 is 43.0 Å². The van der Waals surface area contributed by atoms with Gasteiger partial charge >= 0.3 is 13.8 Å². The minimum absolute atomic E-state index is 0.0269. The predicted molar refractivity (Wildman–Crippen MR) is 256 cm³/mol. The van der Waals surface area contributed by atoms with Crippen molar-refractivity contribution in [2.24, 2.45) is 0 Å². The molecule has 0 fully saturated rings. The number of ether oxygens (including phenoxy) is 2. The highest BCUT2D eigenvalue weighted by molar-refractivity contribution is 7.47. The first-order valence-corrected chi connectivity index (χ1v) is 26.3. The number of allylic oxidation sites excluding steroid dienone is 10. The monoisotopic (exact) mass is 881 g/mol. The summed E-state index contributed by atoms with van der Waals surface area (Å²) in [6.07, 6.45) is 56.3. The summed E-state index contributed by atoms with van der Waals surface area (Å²) in [6.45, 7) is 3.35. The van der Waals surface area contributed by atoms with E-state index in [-0.39, 0.29) is 13.0 Å². The Labute approximate surface area is 374 Å². The smallest absolute Gasteiger partial charge is 0.457 e. The zero-order valence-corrected chi connectivity index (χ0v) is 40.0. The van der Waals surface area contributed by atoms with Gasteiger partial charge in [0.15, 0.2) is 0 Å². The second-order valence-corrected chi connectivity index (χ2v) is 17.9. The summed E-state index contributed by atoms with van der Waals surface area (Å²) >= 11 is 0. The molecular formula is C51H93O9P. The van der Waals surface area contributed by atoms with Crippen LogP contribution in [0.2, 0.25) is 0 Å². The number of rotatable bonds is 47. The van der Waals surface area contributed by atoms with Crippen molar-refractivity contribution in [2.75, 3.05) is 33.0 Å². The highest BCUT2D eigenvalue weighted by Gasteiger charge is 2.26. The number of esters is 1. The maximum absolute atomic E-state index is 12.6. The lowest BCUT2D eigenvalue weighted by Gasteiger charge is -2.20. The molecule has 61 heavy (non-hydrogen) atoms. The van der Waals surface area contributed by atoms with E-state index in [0.717, 1.165) is 57.8 Å². The number of aliphatic hydroxyl groups is 2. The number of hydrogen-bond acceptors (Lipinski definition) is 8. The van der Waals surface area contributed by atoms with Crippen LogP contribution in [0.4, 0.5) is 0 Å². The van der Waals surface area contributed by atoms with E-state index in [2.05, 4.69) is 74.6 Å². The second-order valence-electron chi connectivity index (χ2n) is 16.5. The molecule has 0 amide bonds. The molecule has 0 saturated carbocycles. The van der Waals surface area contributed by atoms with Crippen molar-refractivity contribution in [1.82, 2.24) is 0 Å². The van der Waals surface area contributed by atoms with Crippen molar-refractivity contribution in [2.45, 2.75) is 225 Å². The van der Waals surface area contributed by atoms with Crippen LogP contribution in [0.3, 0.4) is 0 Å². The maximum atomic E-state index is 12.6. The summed E-state index contributed by atoms with van der Waals surface area (Å²) in [6, 6.07) is 0. The number of carbonyl (C=O) groups is 1. The second kappa shape index (κ2) is 47.6. The van der Waals surface area contributed by atoms with Crippen molar-refractivity contribution in [3.8, 4) is 0 Å². The van der Waals surface area contributed by atoms with E-state index in [1.807, 2.05) is 0 Å². The van der Waals surface area contributed by atoms with Crippen LogP contribution in [0, 0.1) is 0 Å². The third kappa shape index (κ3) is 47.5. The molecule has 0 aliphatic carbocycles. The van der Waals surface area contributed by atoms with Gasteiger partial charge in [-0.15, -0.1) is 0 Å². The summed E-state index contributed by atoms with van der Waals surface area (Å²) in [5.74, 6) is -0.437. The normalized spacial score (nSPS) is 14.4. The van der Waals surface area contributed by atoms with Gasteiger partial charge in [-0.1, -0.05) is 216 Å². The molecule has 10 heteroatoms. The summed E-state index contributed by atoms with van der Waals surface area (Å²) < 4.78 is 33.4. The quantitative estimate of drug-likeness (QED) is 0.0237. The van der Waals surface area contributed by atoms with E-state index in [0.29, 0.717) is 13.0 Å². The van der Waals surface area contributed by atoms with Gasteiger partial charge in [0.1, 0.15) is 12.2 Å². The van der Waals surface area contributed by atoms with E-state index in [1.54, 1.807) is 0 Å². The molecule has 0 heterocycles. The number of carbonyl (C=O) groups excluding carboxylic acids is 1. The molecule has 3 unspecified atom stereocenters. The first-order chi connectivity index (χ1) is 29.8. The highest BCUT2D eigenvalue weighted by Crippen LogP contribution is 2.43. The Morgan fingerprint density at radius 2 is 0.918 bits per heavy atom. The van der Waals surface area contributed by atoms with Crippen LogP contribution < -0.4 is 0 Å². The van der Waals surface area contributed by atoms with Gasteiger partial charge in [0.2, 0.25) is 0 Å². The molecular weight excluding hydrogens is 788 g/mol. The van der Waals surface area contributed by atoms with Crippen LogP contribution in [0.25, 0.3) is 0 Å². The van der Waals surface area contributed by atoms with E-state index in [9.17, 15) is 19.4 Å². The van der Waals surface area contributed by atoms with Gasteiger partial charge in [0, 0.05) is 13.0 Å². The van der Waals surface area contributed by atoms with E-state index < -0.39 is 45.8 Å². The van der Waals surface area contributed by atoms with E-state index in [4.69, 9.17) is 23.6 Å². The first kappa shape index (κ1) is 59.2. The topological polar surface area (TPSA) is 132 Å². The fourth-order valence-corrected chi connectivity index (χ4v) is 7.54. The van der Waals surface area contributed by atoms with Crippen molar-refractivity contribution >= 4 is 13.8 Å². The zero-order chi connectivity index (χ0) is 44.6. The molecule has 0 bridgehead atoms. The number of phosphoric ester groups is 1. The van der Waals surface area contributed by atoms with E-state index in [1.165, 1.54) is 128 Å². The number of unbranched alkanes of at least 4 members (excludes halogenated alkanes) is 23. The molecule has 0 radical (unpaired) electrons. The largest absolute Gasteiger partial charge is 0.472 e. The fraction of sp³-hybridized carbons (Fsp3) is 0.784. The maximum Gasteiger partial charge on any atom is 0.472 e. The number of aliphatic hydroxyl groups excluding tert-OH is 2. The van der Waals surface area contributed by atoms with Crippen LogP contribution in [0.15, 0.2) is 60.8 Å². The molecule has 0 aromatic heterocycles.